The van der Waals surface area contributed by atoms with Crippen LogP contribution in [0.3, 0.4) is 0 Å². The molecule has 2 N–H and O–H groups in total. The minimum absolute atomic E-state index is 0.219. The van der Waals surface area contributed by atoms with Crippen LogP contribution >= 0.6 is 22.9 Å². The van der Waals surface area contributed by atoms with Gasteiger partial charge in [-0.1, -0.05) is 23.7 Å². The van der Waals surface area contributed by atoms with Gasteiger partial charge in [0.15, 0.2) is 6.10 Å². The number of hydrogen-bond donors (Lipinski definition) is 2. The first-order valence-corrected chi connectivity index (χ1v) is 9.23. The van der Waals surface area contributed by atoms with Crippen molar-refractivity contribution in [3.8, 4) is 5.75 Å². The normalized spacial score (nSPS) is 16.0. The van der Waals surface area contributed by atoms with E-state index in [1.165, 1.54) is 11.3 Å². The van der Waals surface area contributed by atoms with Crippen molar-refractivity contribution in [3.63, 3.8) is 0 Å². The molecule has 0 aliphatic carbocycles. The number of fused-ring (bicyclic) bond motifs is 2. The van der Waals surface area contributed by atoms with Crippen LogP contribution in [0.25, 0.3) is 10.1 Å². The summed E-state index contributed by atoms with van der Waals surface area (Å²) < 4.78 is 6.49. The molecule has 7 heteroatoms. The highest BCUT2D eigenvalue weighted by Gasteiger charge is 2.24. The molecule has 0 saturated carbocycles. The van der Waals surface area contributed by atoms with Crippen LogP contribution < -0.4 is 15.4 Å². The predicted molar refractivity (Wildman–Crippen MR) is 105 cm³/mol. The maximum absolute atomic E-state index is 12.7. The smallest absolute Gasteiger partial charge is 0.267 e. The summed E-state index contributed by atoms with van der Waals surface area (Å²) in [6.45, 7) is 3.68. The standard InChI is InChI=1S/C19H15ClN2O3S/c1-9-3-5-12-15(7-9)26-17(16(12)20)19(24)21-11-4-6-14-13(8-11)22-18(23)10(2)25-14/h3-8,10H,1-2H3,(H,21,24)(H,22,23)/t10-/m1/s1. The third kappa shape index (κ3) is 2.91. The van der Waals surface area contributed by atoms with E-state index in [2.05, 4.69) is 10.6 Å². The van der Waals surface area contributed by atoms with Crippen molar-refractivity contribution >= 4 is 56.2 Å². The zero-order valence-electron chi connectivity index (χ0n) is 14.1. The van der Waals surface area contributed by atoms with Gasteiger partial charge in [-0.2, -0.15) is 0 Å². The fraction of sp³-hybridized carbons (Fsp3) is 0.158. The van der Waals surface area contributed by atoms with Gasteiger partial charge in [0.25, 0.3) is 11.8 Å². The number of thiophene rings is 1. The van der Waals surface area contributed by atoms with E-state index >= 15 is 0 Å². The van der Waals surface area contributed by atoms with Gasteiger partial charge in [-0.3, -0.25) is 9.59 Å². The summed E-state index contributed by atoms with van der Waals surface area (Å²) in [5.41, 5.74) is 2.20. The molecular formula is C19H15ClN2O3S. The lowest BCUT2D eigenvalue weighted by atomic mass is 10.2. The number of carbonyl (C=O) groups excluding carboxylic acids is 2. The number of halogens is 1. The molecule has 2 aromatic carbocycles. The molecular weight excluding hydrogens is 372 g/mol. The van der Waals surface area contributed by atoms with E-state index in [0.717, 1.165) is 15.6 Å². The lowest BCUT2D eigenvalue weighted by Gasteiger charge is -2.23. The minimum atomic E-state index is -0.538. The summed E-state index contributed by atoms with van der Waals surface area (Å²) >= 11 is 7.75. The van der Waals surface area contributed by atoms with Crippen molar-refractivity contribution in [1.29, 1.82) is 0 Å². The Balaban J connectivity index is 1.62. The number of rotatable bonds is 2. The Morgan fingerprint density at radius 3 is 2.88 bits per heavy atom. The minimum Gasteiger partial charge on any atom is -0.479 e. The maximum atomic E-state index is 12.7. The molecule has 0 radical (unpaired) electrons. The Morgan fingerprint density at radius 2 is 2.08 bits per heavy atom. The highest BCUT2D eigenvalue weighted by atomic mass is 35.5. The van der Waals surface area contributed by atoms with Crippen LogP contribution in [-0.2, 0) is 4.79 Å². The van der Waals surface area contributed by atoms with E-state index in [0.29, 0.717) is 27.0 Å². The highest BCUT2D eigenvalue weighted by molar-refractivity contribution is 7.21. The number of amides is 2. The van der Waals surface area contributed by atoms with E-state index < -0.39 is 6.10 Å². The molecule has 26 heavy (non-hydrogen) atoms. The van der Waals surface area contributed by atoms with Crippen LogP contribution in [0, 0.1) is 6.92 Å². The molecule has 1 atom stereocenters. The average molecular weight is 387 g/mol. The summed E-state index contributed by atoms with van der Waals surface area (Å²) in [4.78, 5) is 24.9. The lowest BCUT2D eigenvalue weighted by molar-refractivity contribution is -0.122. The molecule has 0 bridgehead atoms. The fourth-order valence-corrected chi connectivity index (χ4v) is 4.30. The number of anilines is 2. The van der Waals surface area contributed by atoms with Gasteiger partial charge in [0.2, 0.25) is 0 Å². The van der Waals surface area contributed by atoms with Crippen molar-refractivity contribution in [3.05, 3.63) is 51.9 Å². The van der Waals surface area contributed by atoms with E-state index in [9.17, 15) is 9.59 Å². The van der Waals surface area contributed by atoms with Gasteiger partial charge in [0, 0.05) is 15.8 Å². The Bertz CT molecular complexity index is 1060. The van der Waals surface area contributed by atoms with Crippen molar-refractivity contribution in [2.75, 3.05) is 10.6 Å². The summed E-state index contributed by atoms with van der Waals surface area (Å²) in [6.07, 6.45) is -0.538. The second kappa shape index (κ2) is 6.30. The molecule has 1 aliphatic rings. The zero-order valence-corrected chi connectivity index (χ0v) is 15.6. The first-order valence-electron chi connectivity index (χ1n) is 8.04. The Labute approximate surface area is 158 Å². The SMILES string of the molecule is Cc1ccc2c(Cl)c(C(=O)Nc3ccc4c(c3)NC(=O)[C@@H](C)O4)sc2c1. The van der Waals surface area contributed by atoms with Crippen molar-refractivity contribution in [2.45, 2.75) is 20.0 Å². The number of carbonyl (C=O) groups is 2. The molecule has 4 rings (SSSR count). The Kier molecular flexibility index (Phi) is 4.09. The van der Waals surface area contributed by atoms with Gasteiger partial charge in [-0.25, -0.2) is 0 Å². The number of hydrogen-bond acceptors (Lipinski definition) is 4. The highest BCUT2D eigenvalue weighted by Crippen LogP contribution is 2.37. The van der Waals surface area contributed by atoms with Gasteiger partial charge in [0.1, 0.15) is 10.6 Å². The van der Waals surface area contributed by atoms with Gasteiger partial charge in [-0.05, 0) is 43.7 Å². The molecule has 2 amide bonds. The molecule has 5 nitrogen and oxygen atoms in total. The number of nitrogens with one attached hydrogen (secondary N) is 2. The van der Waals surface area contributed by atoms with E-state index in [1.54, 1.807) is 25.1 Å². The molecule has 3 aromatic rings. The largest absolute Gasteiger partial charge is 0.479 e. The third-order valence-electron chi connectivity index (χ3n) is 4.16. The quantitative estimate of drug-likeness (QED) is 0.662. The molecule has 0 fully saturated rings. The van der Waals surface area contributed by atoms with E-state index in [4.69, 9.17) is 16.3 Å². The first kappa shape index (κ1) is 16.9. The van der Waals surface area contributed by atoms with Crippen LogP contribution in [0.1, 0.15) is 22.2 Å². The summed E-state index contributed by atoms with van der Waals surface area (Å²) in [5, 5.41) is 6.91. The predicted octanol–water partition coefficient (Wildman–Crippen LogP) is 4.83. The molecule has 2 heterocycles. The van der Waals surface area contributed by atoms with E-state index in [1.807, 2.05) is 25.1 Å². The third-order valence-corrected chi connectivity index (χ3v) is 5.82. The molecule has 1 aliphatic heterocycles. The fourth-order valence-electron chi connectivity index (χ4n) is 2.79. The van der Waals surface area contributed by atoms with Gasteiger partial charge in [0.05, 0.1) is 10.7 Å². The first-order chi connectivity index (χ1) is 12.4. The topological polar surface area (TPSA) is 67.4 Å². The van der Waals surface area contributed by atoms with Crippen LogP contribution in [0.15, 0.2) is 36.4 Å². The number of ether oxygens (including phenoxy) is 1. The zero-order chi connectivity index (χ0) is 18.4. The van der Waals surface area contributed by atoms with Crippen molar-refractivity contribution in [2.24, 2.45) is 0 Å². The van der Waals surface area contributed by atoms with Gasteiger partial charge in [-0.15, -0.1) is 11.3 Å². The Morgan fingerprint density at radius 1 is 1.27 bits per heavy atom. The van der Waals surface area contributed by atoms with E-state index in [-0.39, 0.29) is 11.8 Å². The molecule has 0 spiro atoms. The van der Waals surface area contributed by atoms with Gasteiger partial charge >= 0.3 is 0 Å². The monoisotopic (exact) mass is 386 g/mol. The van der Waals surface area contributed by atoms with Crippen LogP contribution in [0.5, 0.6) is 5.75 Å². The summed E-state index contributed by atoms with van der Waals surface area (Å²) in [5.74, 6) is 0.0691. The Hall–Kier alpha value is -2.57. The van der Waals surface area contributed by atoms with Crippen LogP contribution in [0.2, 0.25) is 5.02 Å². The van der Waals surface area contributed by atoms with Gasteiger partial charge < -0.3 is 15.4 Å². The molecule has 132 valence electrons. The number of aryl methyl sites for hydroxylation is 1. The van der Waals surface area contributed by atoms with Crippen LogP contribution in [-0.4, -0.2) is 17.9 Å². The number of benzene rings is 2. The summed E-state index contributed by atoms with van der Waals surface area (Å²) in [6, 6.07) is 11.0. The molecule has 0 saturated heterocycles. The second-order valence-electron chi connectivity index (χ2n) is 6.16. The average Bonchev–Trinajstić information content (AvgIpc) is 2.92. The van der Waals surface area contributed by atoms with Crippen LogP contribution in [0.4, 0.5) is 11.4 Å². The second-order valence-corrected chi connectivity index (χ2v) is 7.59. The summed E-state index contributed by atoms with van der Waals surface area (Å²) in [7, 11) is 0. The van der Waals surface area contributed by atoms with Crippen molar-refractivity contribution in [1.82, 2.24) is 0 Å². The van der Waals surface area contributed by atoms with Crippen molar-refractivity contribution < 1.29 is 14.3 Å². The molecule has 1 aromatic heterocycles. The maximum Gasteiger partial charge on any atom is 0.267 e. The lowest BCUT2D eigenvalue weighted by Crippen LogP contribution is -2.34. The molecule has 0 unspecified atom stereocenters.